The normalized spacial score (nSPS) is 11.7. The number of ether oxygens (including phenoxy) is 2. The third kappa shape index (κ3) is 6.96. The number of carbonyl (C=O) groups excluding carboxylic acids is 1. The zero-order valence-corrected chi connectivity index (χ0v) is 19.6. The van der Waals surface area contributed by atoms with E-state index in [0.717, 1.165) is 28.0 Å². The molecule has 0 heterocycles. The van der Waals surface area contributed by atoms with E-state index in [1.165, 1.54) is 0 Å². The number of rotatable bonds is 9. The number of allylic oxidation sites excluding steroid dienone is 1. The smallest absolute Gasteiger partial charge is 0.338 e. The molecule has 3 nitrogen and oxygen atoms in total. The molecule has 3 aromatic rings. The van der Waals surface area contributed by atoms with Crippen LogP contribution in [0.3, 0.4) is 0 Å². The molecule has 0 bridgehead atoms. The molecule has 0 saturated carbocycles. The number of methoxy groups -OCH3 is 1. The van der Waals surface area contributed by atoms with Gasteiger partial charge in [-0.25, -0.2) is 4.79 Å². The molecule has 0 unspecified atom stereocenters. The summed E-state index contributed by atoms with van der Waals surface area (Å²) in [5.41, 5.74) is 4.80. The number of hydrogen-bond acceptors (Lipinski definition) is 3. The fourth-order valence-corrected chi connectivity index (χ4v) is 3.57. The quantitative estimate of drug-likeness (QED) is 0.193. The van der Waals surface area contributed by atoms with Crippen LogP contribution in [0.1, 0.15) is 23.6 Å². The van der Waals surface area contributed by atoms with E-state index in [-0.39, 0.29) is 6.61 Å². The molecule has 3 aromatic carbocycles. The lowest BCUT2D eigenvalue weighted by molar-refractivity contribution is -0.138. The summed E-state index contributed by atoms with van der Waals surface area (Å²) in [4.78, 5) is 13.0. The Labute approximate surface area is 200 Å². The van der Waals surface area contributed by atoms with Gasteiger partial charge in [-0.1, -0.05) is 78.9 Å². The number of carbonyl (C=O) groups is 1. The van der Waals surface area contributed by atoms with Crippen LogP contribution < -0.4 is 4.74 Å². The first-order chi connectivity index (χ1) is 16.0. The van der Waals surface area contributed by atoms with Crippen molar-refractivity contribution in [2.24, 2.45) is 0 Å². The maximum absolute atomic E-state index is 13.0. The van der Waals surface area contributed by atoms with E-state index in [1.54, 1.807) is 20.1 Å². The van der Waals surface area contributed by atoms with Crippen molar-refractivity contribution in [3.63, 3.8) is 0 Å². The average Bonchev–Trinajstić information content (AvgIpc) is 2.83. The van der Waals surface area contributed by atoms with Gasteiger partial charge in [-0.05, 0) is 71.5 Å². The predicted octanol–water partition coefficient (Wildman–Crippen LogP) is 7.18. The van der Waals surface area contributed by atoms with Crippen LogP contribution in [-0.4, -0.2) is 19.7 Å². The minimum Gasteiger partial charge on any atom is -0.497 e. The van der Waals surface area contributed by atoms with E-state index in [0.29, 0.717) is 22.6 Å². The first-order valence-electron chi connectivity index (χ1n) is 10.7. The topological polar surface area (TPSA) is 35.5 Å². The Bertz CT molecular complexity index is 1160. The Kier molecular flexibility index (Phi) is 8.68. The Balaban J connectivity index is 2.06. The van der Waals surface area contributed by atoms with Crippen molar-refractivity contribution < 1.29 is 14.3 Å². The van der Waals surface area contributed by atoms with Gasteiger partial charge in [0.2, 0.25) is 0 Å². The van der Waals surface area contributed by atoms with Gasteiger partial charge < -0.3 is 9.47 Å². The van der Waals surface area contributed by atoms with Gasteiger partial charge in [0.05, 0.1) is 19.3 Å². The summed E-state index contributed by atoms with van der Waals surface area (Å²) < 4.78 is 10.6. The molecule has 0 N–H and O–H groups in total. The molecule has 0 radical (unpaired) electrons. The molecular weight excluding hydrogens is 432 g/mol. The third-order valence-electron chi connectivity index (χ3n) is 5.06. The number of halogens is 1. The van der Waals surface area contributed by atoms with Gasteiger partial charge in [-0.3, -0.25) is 0 Å². The molecule has 0 aliphatic rings. The molecule has 4 heteroatoms. The minimum atomic E-state index is -0.414. The van der Waals surface area contributed by atoms with Crippen LogP contribution in [0.15, 0.2) is 102 Å². The largest absolute Gasteiger partial charge is 0.497 e. The third-order valence-corrected chi connectivity index (χ3v) is 5.30. The summed E-state index contributed by atoms with van der Waals surface area (Å²) in [6, 6.07) is 25.1. The van der Waals surface area contributed by atoms with Crippen LogP contribution in [0.2, 0.25) is 5.02 Å². The van der Waals surface area contributed by atoms with Gasteiger partial charge in [0.1, 0.15) is 5.75 Å². The molecular formula is C29H27ClO3. The highest BCUT2D eigenvalue weighted by Crippen LogP contribution is 2.28. The molecule has 33 heavy (non-hydrogen) atoms. The summed E-state index contributed by atoms with van der Waals surface area (Å²) in [6.07, 6.45) is 4.42. The number of benzene rings is 3. The standard InChI is InChI=1S/C29H27ClO3/c1-4-33-29(31)28(20-23-13-15-27(32-3)16-14-23)21(2)25(17-22-9-6-5-7-10-22)18-24-11-8-12-26(30)19-24/h5-16,18-20H,2,4,17H2,1,3H3/b25-18+,28-20-. The monoisotopic (exact) mass is 458 g/mol. The van der Waals surface area contributed by atoms with Crippen molar-refractivity contribution in [2.45, 2.75) is 13.3 Å². The second-order valence-corrected chi connectivity index (χ2v) is 7.85. The summed E-state index contributed by atoms with van der Waals surface area (Å²) in [6.45, 7) is 6.37. The summed E-state index contributed by atoms with van der Waals surface area (Å²) in [5, 5.41) is 0.646. The van der Waals surface area contributed by atoms with Gasteiger partial charge in [0.15, 0.2) is 0 Å². The van der Waals surface area contributed by atoms with Crippen molar-refractivity contribution in [1.82, 2.24) is 0 Å². The van der Waals surface area contributed by atoms with Crippen molar-refractivity contribution in [2.75, 3.05) is 13.7 Å². The van der Waals surface area contributed by atoms with Crippen molar-refractivity contribution in [1.29, 1.82) is 0 Å². The highest BCUT2D eigenvalue weighted by atomic mass is 35.5. The van der Waals surface area contributed by atoms with Gasteiger partial charge in [0.25, 0.3) is 0 Å². The highest BCUT2D eigenvalue weighted by molar-refractivity contribution is 6.30. The molecule has 0 atom stereocenters. The molecule has 168 valence electrons. The first-order valence-corrected chi connectivity index (χ1v) is 11.1. The van der Waals surface area contributed by atoms with Gasteiger partial charge in [-0.15, -0.1) is 0 Å². The van der Waals surface area contributed by atoms with Crippen LogP contribution in [0.5, 0.6) is 5.75 Å². The molecule has 0 aliphatic carbocycles. The SMILES string of the molecule is C=C(/C(=C/c1ccc(OC)cc1)C(=O)OCC)/C(=C/c1cccc(Cl)c1)Cc1ccccc1. The van der Waals surface area contributed by atoms with E-state index >= 15 is 0 Å². The molecule has 0 amide bonds. The van der Waals surface area contributed by atoms with E-state index in [2.05, 4.69) is 18.7 Å². The Morgan fingerprint density at radius 1 is 0.939 bits per heavy atom. The number of hydrogen-bond donors (Lipinski definition) is 0. The van der Waals surface area contributed by atoms with Crippen molar-refractivity contribution in [3.8, 4) is 5.75 Å². The maximum Gasteiger partial charge on any atom is 0.338 e. The van der Waals surface area contributed by atoms with Crippen LogP contribution >= 0.6 is 11.6 Å². The van der Waals surface area contributed by atoms with E-state index in [9.17, 15) is 4.79 Å². The fraction of sp³-hybridized carbons (Fsp3) is 0.138. The highest BCUT2D eigenvalue weighted by Gasteiger charge is 2.18. The van der Waals surface area contributed by atoms with Crippen LogP contribution in [0.25, 0.3) is 12.2 Å². The molecule has 0 fully saturated rings. The summed E-state index contributed by atoms with van der Waals surface area (Å²) in [7, 11) is 1.62. The predicted molar refractivity (Wildman–Crippen MR) is 136 cm³/mol. The first kappa shape index (κ1) is 24.1. The Morgan fingerprint density at radius 3 is 2.30 bits per heavy atom. The second-order valence-electron chi connectivity index (χ2n) is 7.42. The number of esters is 1. The van der Waals surface area contributed by atoms with Crippen LogP contribution in [-0.2, 0) is 16.0 Å². The zero-order chi connectivity index (χ0) is 23.6. The minimum absolute atomic E-state index is 0.276. The van der Waals surface area contributed by atoms with Crippen LogP contribution in [0, 0.1) is 0 Å². The maximum atomic E-state index is 13.0. The average molecular weight is 459 g/mol. The van der Waals surface area contributed by atoms with Crippen molar-refractivity contribution >= 4 is 29.7 Å². The van der Waals surface area contributed by atoms with E-state index in [4.69, 9.17) is 21.1 Å². The fourth-order valence-electron chi connectivity index (χ4n) is 3.38. The molecule has 0 saturated heterocycles. The van der Waals surface area contributed by atoms with Crippen molar-refractivity contribution in [3.05, 3.63) is 124 Å². The second kappa shape index (κ2) is 11.9. The van der Waals surface area contributed by atoms with Gasteiger partial charge in [-0.2, -0.15) is 0 Å². The zero-order valence-electron chi connectivity index (χ0n) is 18.9. The summed E-state index contributed by atoms with van der Waals surface area (Å²) >= 11 is 6.21. The molecule has 0 aliphatic heterocycles. The van der Waals surface area contributed by atoms with Gasteiger partial charge in [0, 0.05) is 5.02 Å². The molecule has 0 aromatic heterocycles. The lowest BCUT2D eigenvalue weighted by atomic mass is 9.91. The van der Waals surface area contributed by atoms with Crippen LogP contribution in [0.4, 0.5) is 0 Å². The summed E-state index contributed by atoms with van der Waals surface area (Å²) in [5.74, 6) is 0.331. The Morgan fingerprint density at radius 2 is 1.67 bits per heavy atom. The Hall–Kier alpha value is -3.56. The molecule has 0 spiro atoms. The van der Waals surface area contributed by atoms with E-state index < -0.39 is 5.97 Å². The molecule has 3 rings (SSSR count). The van der Waals surface area contributed by atoms with E-state index in [1.807, 2.05) is 72.8 Å². The van der Waals surface area contributed by atoms with Gasteiger partial charge >= 0.3 is 5.97 Å². The lowest BCUT2D eigenvalue weighted by Gasteiger charge is -2.15. The lowest BCUT2D eigenvalue weighted by Crippen LogP contribution is -2.11.